The molecule has 0 aromatic heterocycles. The van der Waals surface area contributed by atoms with Gasteiger partial charge in [0.15, 0.2) is 6.61 Å². The number of ether oxygens (including phenoxy) is 1. The minimum Gasteiger partial charge on any atom is -0.484 e. The third kappa shape index (κ3) is 4.30. The SMILES string of the molecule is Cc1ccc(OCC(=O)Nc2cccc(Cl)c2)cc1. The lowest BCUT2D eigenvalue weighted by atomic mass is 10.2. The molecule has 1 N–H and O–H groups in total. The number of carbonyl (C=O) groups is 1. The normalized spacial score (nSPS) is 10.0. The maximum Gasteiger partial charge on any atom is 0.262 e. The van der Waals surface area contributed by atoms with E-state index in [0.29, 0.717) is 16.5 Å². The lowest BCUT2D eigenvalue weighted by molar-refractivity contribution is -0.118. The summed E-state index contributed by atoms with van der Waals surface area (Å²) in [4.78, 5) is 11.7. The summed E-state index contributed by atoms with van der Waals surface area (Å²) in [5, 5.41) is 3.30. The van der Waals surface area contributed by atoms with Gasteiger partial charge >= 0.3 is 0 Å². The highest BCUT2D eigenvalue weighted by molar-refractivity contribution is 6.30. The molecule has 0 heterocycles. The fourth-order valence-electron chi connectivity index (χ4n) is 1.55. The summed E-state index contributed by atoms with van der Waals surface area (Å²) in [5.41, 5.74) is 1.81. The Labute approximate surface area is 117 Å². The molecular weight excluding hydrogens is 262 g/mol. The summed E-state index contributed by atoms with van der Waals surface area (Å²) in [5.74, 6) is 0.453. The molecule has 0 radical (unpaired) electrons. The van der Waals surface area contributed by atoms with Crippen molar-refractivity contribution in [2.24, 2.45) is 0 Å². The van der Waals surface area contributed by atoms with Gasteiger partial charge in [0.1, 0.15) is 5.75 Å². The lowest BCUT2D eigenvalue weighted by Gasteiger charge is -2.07. The molecule has 0 unspecified atom stereocenters. The highest BCUT2D eigenvalue weighted by atomic mass is 35.5. The van der Waals surface area contributed by atoms with Crippen LogP contribution < -0.4 is 10.1 Å². The van der Waals surface area contributed by atoms with Crippen molar-refractivity contribution in [3.8, 4) is 5.75 Å². The van der Waals surface area contributed by atoms with Crippen molar-refractivity contribution in [3.63, 3.8) is 0 Å². The zero-order valence-corrected chi connectivity index (χ0v) is 11.3. The zero-order valence-electron chi connectivity index (χ0n) is 10.5. The molecular formula is C15H14ClNO2. The third-order valence-corrected chi connectivity index (χ3v) is 2.73. The van der Waals surface area contributed by atoms with Gasteiger partial charge in [0.05, 0.1) is 0 Å². The molecule has 0 saturated heterocycles. The zero-order chi connectivity index (χ0) is 13.7. The summed E-state index contributed by atoms with van der Waals surface area (Å²) < 4.78 is 5.38. The molecule has 0 spiro atoms. The summed E-state index contributed by atoms with van der Waals surface area (Å²) in [6, 6.07) is 14.5. The largest absolute Gasteiger partial charge is 0.484 e. The molecule has 19 heavy (non-hydrogen) atoms. The molecule has 2 aromatic rings. The smallest absolute Gasteiger partial charge is 0.262 e. The monoisotopic (exact) mass is 275 g/mol. The molecule has 3 nitrogen and oxygen atoms in total. The standard InChI is InChI=1S/C15H14ClNO2/c1-11-5-7-14(8-6-11)19-10-15(18)17-13-4-2-3-12(16)9-13/h2-9H,10H2,1H3,(H,17,18). The number of amides is 1. The van der Waals surface area contributed by atoms with Gasteiger partial charge in [-0.05, 0) is 37.3 Å². The van der Waals surface area contributed by atoms with Crippen molar-refractivity contribution in [1.82, 2.24) is 0 Å². The van der Waals surface area contributed by atoms with Gasteiger partial charge in [0.2, 0.25) is 0 Å². The van der Waals surface area contributed by atoms with Crippen LogP contribution in [0.4, 0.5) is 5.69 Å². The molecule has 0 saturated carbocycles. The van der Waals surface area contributed by atoms with Gasteiger partial charge in [-0.1, -0.05) is 35.4 Å². The molecule has 2 rings (SSSR count). The molecule has 0 aliphatic heterocycles. The average Bonchev–Trinajstić information content (AvgIpc) is 2.38. The number of aryl methyl sites for hydroxylation is 1. The Hall–Kier alpha value is -2.00. The van der Waals surface area contributed by atoms with Crippen molar-refractivity contribution < 1.29 is 9.53 Å². The van der Waals surface area contributed by atoms with Crippen molar-refractivity contribution in [1.29, 1.82) is 0 Å². The number of carbonyl (C=O) groups excluding carboxylic acids is 1. The topological polar surface area (TPSA) is 38.3 Å². The minimum atomic E-state index is -0.220. The van der Waals surface area contributed by atoms with E-state index < -0.39 is 0 Å². The van der Waals surface area contributed by atoms with Crippen molar-refractivity contribution in [2.45, 2.75) is 6.92 Å². The van der Waals surface area contributed by atoms with Crippen molar-refractivity contribution in [3.05, 3.63) is 59.1 Å². The summed E-state index contributed by atoms with van der Waals surface area (Å²) >= 11 is 5.83. The van der Waals surface area contributed by atoms with E-state index in [9.17, 15) is 4.79 Å². The quantitative estimate of drug-likeness (QED) is 0.925. The molecule has 0 aliphatic carbocycles. The van der Waals surface area contributed by atoms with Gasteiger partial charge in [-0.15, -0.1) is 0 Å². The number of benzene rings is 2. The first-order valence-electron chi connectivity index (χ1n) is 5.88. The Bertz CT molecular complexity index is 567. The molecule has 0 atom stereocenters. The molecule has 4 heteroatoms. The molecule has 98 valence electrons. The average molecular weight is 276 g/mol. The second-order valence-corrected chi connectivity index (χ2v) is 4.60. The first-order valence-corrected chi connectivity index (χ1v) is 6.26. The fourth-order valence-corrected chi connectivity index (χ4v) is 1.74. The van der Waals surface area contributed by atoms with Crippen LogP contribution in [-0.4, -0.2) is 12.5 Å². The third-order valence-electron chi connectivity index (χ3n) is 2.50. The van der Waals surface area contributed by atoms with E-state index >= 15 is 0 Å². The maximum absolute atomic E-state index is 11.7. The van der Waals surface area contributed by atoms with Gasteiger partial charge in [0, 0.05) is 10.7 Å². The van der Waals surface area contributed by atoms with Crippen LogP contribution in [0.25, 0.3) is 0 Å². The van der Waals surface area contributed by atoms with Crippen LogP contribution >= 0.6 is 11.6 Å². The van der Waals surface area contributed by atoms with Gasteiger partial charge in [0.25, 0.3) is 5.91 Å². The van der Waals surface area contributed by atoms with Crippen LogP contribution in [0.3, 0.4) is 0 Å². The Morgan fingerprint density at radius 3 is 2.63 bits per heavy atom. The van der Waals surface area contributed by atoms with Crippen molar-refractivity contribution >= 4 is 23.2 Å². The predicted molar refractivity (Wildman–Crippen MR) is 76.8 cm³/mol. The van der Waals surface area contributed by atoms with Crippen molar-refractivity contribution in [2.75, 3.05) is 11.9 Å². The summed E-state index contributed by atoms with van der Waals surface area (Å²) in [6.07, 6.45) is 0. The number of halogens is 1. The van der Waals surface area contributed by atoms with E-state index in [4.69, 9.17) is 16.3 Å². The van der Waals surface area contributed by atoms with Gasteiger partial charge in [-0.3, -0.25) is 4.79 Å². The van der Waals surface area contributed by atoms with Crippen LogP contribution in [0, 0.1) is 6.92 Å². The van der Waals surface area contributed by atoms with E-state index in [1.807, 2.05) is 31.2 Å². The van der Waals surface area contributed by atoms with E-state index in [0.717, 1.165) is 5.56 Å². The maximum atomic E-state index is 11.7. The van der Waals surface area contributed by atoms with Gasteiger partial charge < -0.3 is 10.1 Å². The highest BCUT2D eigenvalue weighted by Crippen LogP contribution is 2.15. The van der Waals surface area contributed by atoms with Crippen LogP contribution in [0.5, 0.6) is 5.75 Å². The molecule has 2 aromatic carbocycles. The summed E-state index contributed by atoms with van der Waals surface area (Å²) in [6.45, 7) is 1.96. The minimum absolute atomic E-state index is 0.0322. The highest BCUT2D eigenvalue weighted by Gasteiger charge is 2.04. The van der Waals surface area contributed by atoms with Crippen LogP contribution in [0.15, 0.2) is 48.5 Å². The molecule has 0 aliphatic rings. The number of nitrogens with one attached hydrogen (secondary N) is 1. The molecule has 0 bridgehead atoms. The number of hydrogen-bond acceptors (Lipinski definition) is 2. The predicted octanol–water partition coefficient (Wildman–Crippen LogP) is 3.67. The fraction of sp³-hybridized carbons (Fsp3) is 0.133. The lowest BCUT2D eigenvalue weighted by Crippen LogP contribution is -2.20. The number of rotatable bonds is 4. The Morgan fingerprint density at radius 2 is 1.95 bits per heavy atom. The van der Waals surface area contributed by atoms with Gasteiger partial charge in [-0.25, -0.2) is 0 Å². The van der Waals surface area contributed by atoms with Crippen LogP contribution in [0.2, 0.25) is 5.02 Å². The first kappa shape index (κ1) is 13.4. The summed E-state index contributed by atoms with van der Waals surface area (Å²) in [7, 11) is 0. The Balaban J connectivity index is 1.86. The van der Waals surface area contributed by atoms with E-state index in [1.54, 1.807) is 24.3 Å². The Morgan fingerprint density at radius 1 is 1.21 bits per heavy atom. The first-order chi connectivity index (χ1) is 9.13. The van der Waals surface area contributed by atoms with E-state index in [1.165, 1.54) is 0 Å². The number of anilines is 1. The van der Waals surface area contributed by atoms with Crippen LogP contribution in [-0.2, 0) is 4.79 Å². The second-order valence-electron chi connectivity index (χ2n) is 4.16. The number of hydrogen-bond donors (Lipinski definition) is 1. The molecule has 0 fully saturated rings. The van der Waals surface area contributed by atoms with Crippen LogP contribution in [0.1, 0.15) is 5.56 Å². The van der Waals surface area contributed by atoms with Gasteiger partial charge in [-0.2, -0.15) is 0 Å². The van der Waals surface area contributed by atoms with E-state index in [2.05, 4.69) is 5.32 Å². The Kier molecular flexibility index (Phi) is 4.42. The molecule has 1 amide bonds. The second kappa shape index (κ2) is 6.25. The van der Waals surface area contributed by atoms with E-state index in [-0.39, 0.29) is 12.5 Å².